The second kappa shape index (κ2) is 24.1. The summed E-state index contributed by atoms with van der Waals surface area (Å²) in [6.07, 6.45) is -2.24. The van der Waals surface area contributed by atoms with Gasteiger partial charge < -0.3 is 69.0 Å². The van der Waals surface area contributed by atoms with Crippen molar-refractivity contribution in [3.63, 3.8) is 0 Å². The van der Waals surface area contributed by atoms with Crippen molar-refractivity contribution in [3.8, 4) is 11.5 Å². The van der Waals surface area contributed by atoms with Crippen molar-refractivity contribution < 1.29 is 66.7 Å². The minimum absolute atomic E-state index is 0.0530. The number of nitrogens with one attached hydrogen (secondary N) is 4. The van der Waals surface area contributed by atoms with E-state index in [1.807, 2.05) is 27.7 Å². The highest BCUT2D eigenvalue weighted by Crippen LogP contribution is 2.21. The van der Waals surface area contributed by atoms with E-state index >= 15 is 0 Å². The molecule has 4 rings (SSSR count). The smallest absolute Gasteiger partial charge is 0.417 e. The Morgan fingerprint density at radius 2 is 0.952 bits per heavy atom. The Morgan fingerprint density at radius 3 is 1.31 bits per heavy atom. The van der Waals surface area contributed by atoms with Crippen molar-refractivity contribution in [1.29, 1.82) is 0 Å². The Balaban J connectivity index is 1.46. The zero-order valence-electron chi connectivity index (χ0n) is 36.3. The van der Waals surface area contributed by atoms with Crippen LogP contribution in [0.15, 0.2) is 48.5 Å². The molecule has 0 aromatic heterocycles. The molecule has 4 N–H and O–H groups in total. The summed E-state index contributed by atoms with van der Waals surface area (Å²) >= 11 is 0. The fourth-order valence-corrected chi connectivity index (χ4v) is 6.03. The van der Waals surface area contributed by atoms with Crippen molar-refractivity contribution >= 4 is 35.9 Å². The van der Waals surface area contributed by atoms with Crippen LogP contribution in [0, 0.1) is 0 Å². The van der Waals surface area contributed by atoms with Crippen LogP contribution in [0.5, 0.6) is 11.5 Å². The molecule has 20 nitrogen and oxygen atoms in total. The predicted molar refractivity (Wildman–Crippen MR) is 222 cm³/mol. The number of hydrogen-bond donors (Lipinski definition) is 4. The summed E-state index contributed by atoms with van der Waals surface area (Å²) in [6, 6.07) is 12.2. The Kier molecular flexibility index (Phi) is 19.0. The van der Waals surface area contributed by atoms with Crippen molar-refractivity contribution in [2.24, 2.45) is 0 Å². The molecule has 2 unspecified atom stereocenters. The lowest BCUT2D eigenvalue weighted by atomic mass is 10.1. The molecule has 0 bridgehead atoms. The van der Waals surface area contributed by atoms with Gasteiger partial charge in [0.25, 0.3) is 0 Å². The highest BCUT2D eigenvalue weighted by Gasteiger charge is 2.31. The normalized spacial score (nSPS) is 15.3. The van der Waals surface area contributed by atoms with Crippen molar-refractivity contribution in [1.82, 2.24) is 31.1 Å². The molecular formula is C42H60N6O14. The molecule has 0 aliphatic carbocycles. The summed E-state index contributed by atoms with van der Waals surface area (Å²) in [7, 11) is 2.47. The van der Waals surface area contributed by atoms with Crippen LogP contribution >= 0.6 is 0 Å². The van der Waals surface area contributed by atoms with E-state index in [0.29, 0.717) is 52.6 Å². The first-order valence-corrected chi connectivity index (χ1v) is 20.3. The number of ether oxygens (including phenoxy) is 8. The number of amides is 4. The van der Waals surface area contributed by atoms with Crippen LogP contribution in [0.1, 0.15) is 48.4 Å². The predicted octanol–water partition coefficient (Wildman–Crippen LogP) is 1.36. The molecule has 62 heavy (non-hydrogen) atoms. The van der Waals surface area contributed by atoms with Gasteiger partial charge in [-0.15, -0.1) is 0 Å². The molecule has 2 heterocycles. The Labute approximate surface area is 361 Å². The molecule has 0 spiro atoms. The van der Waals surface area contributed by atoms with Crippen LogP contribution in [0.4, 0.5) is 9.59 Å². The first-order valence-electron chi connectivity index (χ1n) is 20.3. The molecule has 2 saturated heterocycles. The number of urea groups is 2. The Bertz CT molecular complexity index is 1690. The summed E-state index contributed by atoms with van der Waals surface area (Å²) in [5, 5.41) is 12.3. The summed E-state index contributed by atoms with van der Waals surface area (Å²) in [6.45, 7) is 10.7. The summed E-state index contributed by atoms with van der Waals surface area (Å²) in [5.41, 5.74) is -1.21. The molecule has 342 valence electrons. The summed E-state index contributed by atoms with van der Waals surface area (Å²) in [5.74, 6) is -3.69. The van der Waals surface area contributed by atoms with Crippen LogP contribution in [-0.2, 0) is 38.0 Å². The largest absolute Gasteiger partial charge is 0.489 e. The molecule has 2 aromatic rings. The maximum Gasteiger partial charge on any atom is 0.417 e. The first kappa shape index (κ1) is 49.0. The van der Waals surface area contributed by atoms with E-state index in [2.05, 4.69) is 21.3 Å². The summed E-state index contributed by atoms with van der Waals surface area (Å²) < 4.78 is 43.6. The van der Waals surface area contributed by atoms with Gasteiger partial charge in [0.1, 0.15) is 48.0 Å². The number of nitrogens with zero attached hydrogens (tertiary/aromatic N) is 2. The molecule has 2 atom stereocenters. The van der Waals surface area contributed by atoms with Gasteiger partial charge in [-0.3, -0.25) is 0 Å². The van der Waals surface area contributed by atoms with Crippen LogP contribution in [0.2, 0.25) is 0 Å². The zero-order chi connectivity index (χ0) is 45.1. The molecule has 2 aliphatic rings. The lowest BCUT2D eigenvalue weighted by Crippen LogP contribution is -2.55. The zero-order valence-corrected chi connectivity index (χ0v) is 36.3. The quantitative estimate of drug-likeness (QED) is 0.0836. The van der Waals surface area contributed by atoms with Gasteiger partial charge in [0.15, 0.2) is 0 Å². The first-order chi connectivity index (χ1) is 29.6. The third kappa shape index (κ3) is 16.0. The third-order valence-corrected chi connectivity index (χ3v) is 9.72. The molecular weight excluding hydrogens is 812 g/mol. The monoisotopic (exact) mass is 872 g/mol. The van der Waals surface area contributed by atoms with Gasteiger partial charge >= 0.3 is 35.9 Å². The van der Waals surface area contributed by atoms with Gasteiger partial charge in [-0.2, -0.15) is 0 Å². The minimum Gasteiger partial charge on any atom is -0.489 e. The topological polar surface area (TPSA) is 231 Å². The van der Waals surface area contributed by atoms with Gasteiger partial charge in [-0.05, 0) is 52.0 Å². The summed E-state index contributed by atoms with van der Waals surface area (Å²) in [4.78, 5) is 80.7. The molecule has 2 fully saturated rings. The van der Waals surface area contributed by atoms with Crippen LogP contribution in [-0.4, -0.2) is 175 Å². The number of hydrogen-bond acceptors (Lipinski definition) is 16. The average molecular weight is 873 g/mol. The second-order valence-electron chi connectivity index (χ2n) is 15.7. The molecule has 20 heteroatoms. The number of rotatable bonds is 20. The minimum atomic E-state index is -1.35. The van der Waals surface area contributed by atoms with Crippen LogP contribution in [0.3, 0.4) is 0 Å². The highest BCUT2D eigenvalue weighted by molar-refractivity contribution is 6.29. The van der Waals surface area contributed by atoms with Crippen LogP contribution < -0.4 is 30.7 Å². The van der Waals surface area contributed by atoms with Gasteiger partial charge in [0, 0.05) is 63.4 Å². The Morgan fingerprint density at radius 1 is 0.597 bits per heavy atom. The van der Waals surface area contributed by atoms with Crippen LogP contribution in [0.25, 0.3) is 0 Å². The van der Waals surface area contributed by atoms with Gasteiger partial charge in [0.2, 0.25) is 0 Å². The van der Waals surface area contributed by atoms with Crippen molar-refractivity contribution in [3.05, 3.63) is 59.7 Å². The van der Waals surface area contributed by atoms with E-state index < -0.39 is 47.2 Å². The maximum absolute atomic E-state index is 13.5. The van der Waals surface area contributed by atoms with Gasteiger partial charge in [-0.25, -0.2) is 28.8 Å². The number of carbonyl (C=O) groups is 6. The van der Waals surface area contributed by atoms with E-state index in [0.717, 1.165) is 0 Å². The SMILES string of the molecule is COC(=O)c1ccccc1OCC(CNC(C)(C)CNC(=O)N1CCOCC1)OC(=O)C(=O)OC(CNC(C)(C)CNC(=O)N1CCOCC1)COc1ccccc1C(=O)OC. The molecule has 0 saturated carbocycles. The van der Waals surface area contributed by atoms with E-state index in [4.69, 9.17) is 37.9 Å². The second-order valence-corrected chi connectivity index (χ2v) is 15.7. The fourth-order valence-electron chi connectivity index (χ4n) is 6.03. The number of methoxy groups -OCH3 is 2. The highest BCUT2D eigenvalue weighted by atomic mass is 16.6. The van der Waals surface area contributed by atoms with E-state index in [9.17, 15) is 28.8 Å². The molecule has 2 aliphatic heterocycles. The molecule has 2 aromatic carbocycles. The van der Waals surface area contributed by atoms with Crippen molar-refractivity contribution in [2.45, 2.75) is 51.0 Å². The number of carbonyl (C=O) groups excluding carboxylic acids is 6. The van der Waals surface area contributed by atoms with E-state index in [1.165, 1.54) is 26.4 Å². The Hall–Kier alpha value is -5.70. The number of morpholine rings is 2. The maximum atomic E-state index is 13.5. The average Bonchev–Trinajstić information content (AvgIpc) is 3.29. The van der Waals surface area contributed by atoms with E-state index in [-0.39, 0.29) is 74.1 Å². The third-order valence-electron chi connectivity index (χ3n) is 9.72. The number of esters is 4. The van der Waals surface area contributed by atoms with E-state index in [1.54, 1.807) is 46.2 Å². The number of para-hydroxylation sites is 2. The molecule has 0 radical (unpaired) electrons. The standard InChI is InChI=1S/C42H60N6O14/c1-41(2,27-43-39(53)47-15-19-57-20-16-47)45-23-29(25-59-33-13-9-7-11-31(33)35(49)55-5)61-37(51)38(52)62-30(26-60-34-14-10-8-12-32(34)36(50)56-6)24-46-42(3,4)28-44-40(54)48-17-21-58-22-18-48/h7-14,29-30,45-46H,15-28H2,1-6H3,(H,43,53)(H,44,54). The van der Waals surface area contributed by atoms with Gasteiger partial charge in [0.05, 0.1) is 40.6 Å². The molecule has 4 amide bonds. The lowest BCUT2D eigenvalue weighted by molar-refractivity contribution is -0.175. The fraction of sp³-hybridized carbons (Fsp3) is 0.571. The van der Waals surface area contributed by atoms with Gasteiger partial charge in [-0.1, -0.05) is 24.3 Å². The number of benzene rings is 2. The van der Waals surface area contributed by atoms with Crippen molar-refractivity contribution in [2.75, 3.05) is 106 Å². The lowest BCUT2D eigenvalue weighted by Gasteiger charge is -2.32.